The zero-order chi connectivity index (χ0) is 18.2. The SMILES string of the molecule is CN(C)CCCNC(=O)/C(=C\c1cccn1C)NC(=O)c1cccs1. The minimum absolute atomic E-state index is 0.241. The van der Waals surface area contributed by atoms with Crippen LogP contribution in [0.1, 0.15) is 21.8 Å². The summed E-state index contributed by atoms with van der Waals surface area (Å²) in [6.45, 7) is 1.44. The summed E-state index contributed by atoms with van der Waals surface area (Å²) in [5, 5.41) is 7.43. The Morgan fingerprint density at radius 3 is 2.68 bits per heavy atom. The van der Waals surface area contributed by atoms with Crippen molar-refractivity contribution in [2.24, 2.45) is 7.05 Å². The van der Waals surface area contributed by atoms with Gasteiger partial charge in [0.25, 0.3) is 11.8 Å². The van der Waals surface area contributed by atoms with E-state index in [1.54, 1.807) is 12.1 Å². The quantitative estimate of drug-likeness (QED) is 0.558. The topological polar surface area (TPSA) is 66.4 Å². The van der Waals surface area contributed by atoms with Crippen molar-refractivity contribution in [1.29, 1.82) is 0 Å². The van der Waals surface area contributed by atoms with E-state index < -0.39 is 0 Å². The fourth-order valence-electron chi connectivity index (χ4n) is 2.21. The number of hydrogen-bond acceptors (Lipinski definition) is 4. The number of aryl methyl sites for hydroxylation is 1. The molecular weight excluding hydrogens is 336 g/mol. The summed E-state index contributed by atoms with van der Waals surface area (Å²) in [7, 11) is 5.87. The molecule has 0 aliphatic heterocycles. The minimum Gasteiger partial charge on any atom is -0.351 e. The molecule has 0 aliphatic carbocycles. The first kappa shape index (κ1) is 19.0. The number of rotatable bonds is 8. The Bertz CT molecular complexity index is 732. The van der Waals surface area contributed by atoms with Crippen molar-refractivity contribution < 1.29 is 9.59 Å². The summed E-state index contributed by atoms with van der Waals surface area (Å²) < 4.78 is 1.89. The first-order valence-corrected chi connectivity index (χ1v) is 8.96. The van der Waals surface area contributed by atoms with Crippen molar-refractivity contribution in [2.45, 2.75) is 6.42 Å². The molecule has 0 atom stereocenters. The number of hydrogen-bond donors (Lipinski definition) is 2. The first-order chi connectivity index (χ1) is 12.0. The molecule has 0 saturated heterocycles. The third-order valence-electron chi connectivity index (χ3n) is 3.58. The summed E-state index contributed by atoms with van der Waals surface area (Å²) in [4.78, 5) is 27.5. The van der Waals surface area contributed by atoms with Gasteiger partial charge in [-0.2, -0.15) is 0 Å². The molecule has 0 spiro atoms. The Hall–Kier alpha value is -2.38. The highest BCUT2D eigenvalue weighted by Crippen LogP contribution is 2.11. The highest BCUT2D eigenvalue weighted by Gasteiger charge is 2.15. The van der Waals surface area contributed by atoms with Crippen LogP contribution < -0.4 is 10.6 Å². The summed E-state index contributed by atoms with van der Waals surface area (Å²) >= 11 is 1.34. The normalized spacial score (nSPS) is 11.6. The van der Waals surface area contributed by atoms with Gasteiger partial charge in [-0.3, -0.25) is 9.59 Å². The molecule has 0 aliphatic rings. The Morgan fingerprint density at radius 2 is 2.08 bits per heavy atom. The van der Waals surface area contributed by atoms with Crippen LogP contribution in [0, 0.1) is 0 Å². The molecule has 0 aromatic carbocycles. The number of carbonyl (C=O) groups excluding carboxylic acids is 2. The van der Waals surface area contributed by atoms with Gasteiger partial charge in [-0.25, -0.2) is 0 Å². The summed E-state index contributed by atoms with van der Waals surface area (Å²) in [5.41, 5.74) is 1.08. The summed E-state index contributed by atoms with van der Waals surface area (Å²) in [5.74, 6) is -0.566. The van der Waals surface area contributed by atoms with Crippen molar-refractivity contribution in [1.82, 2.24) is 20.1 Å². The monoisotopic (exact) mass is 360 g/mol. The lowest BCUT2D eigenvalue weighted by Crippen LogP contribution is -2.35. The molecular formula is C18H24N4O2S. The minimum atomic E-state index is -0.287. The molecule has 2 rings (SSSR count). The maximum atomic E-state index is 12.5. The molecule has 2 heterocycles. The fraction of sp³-hybridized carbons (Fsp3) is 0.333. The standard InChI is InChI=1S/C18H24N4O2S/c1-21(2)10-6-9-19-17(23)15(13-14-7-4-11-22(14)3)20-18(24)16-8-5-12-25-16/h4-5,7-8,11-13H,6,9-10H2,1-3H3,(H,19,23)(H,20,24)/b15-13+. The predicted octanol–water partition coefficient (Wildman–Crippen LogP) is 1.93. The van der Waals surface area contributed by atoms with Crippen molar-refractivity contribution in [3.05, 3.63) is 52.1 Å². The van der Waals surface area contributed by atoms with Crippen LogP contribution in [0.5, 0.6) is 0 Å². The molecule has 0 fully saturated rings. The van der Waals surface area contributed by atoms with Gasteiger partial charge in [0.2, 0.25) is 0 Å². The lowest BCUT2D eigenvalue weighted by atomic mass is 10.2. The number of nitrogens with zero attached hydrogens (tertiary/aromatic N) is 2. The molecule has 0 radical (unpaired) electrons. The van der Waals surface area contributed by atoms with Gasteiger partial charge >= 0.3 is 0 Å². The molecule has 25 heavy (non-hydrogen) atoms. The fourth-order valence-corrected chi connectivity index (χ4v) is 2.83. The number of aromatic nitrogens is 1. The maximum Gasteiger partial charge on any atom is 0.267 e. The van der Waals surface area contributed by atoms with E-state index >= 15 is 0 Å². The van der Waals surface area contributed by atoms with E-state index in [1.165, 1.54) is 11.3 Å². The van der Waals surface area contributed by atoms with Crippen LogP contribution >= 0.6 is 11.3 Å². The molecule has 2 N–H and O–H groups in total. The van der Waals surface area contributed by atoms with Crippen LogP contribution in [0.2, 0.25) is 0 Å². The molecule has 0 unspecified atom stereocenters. The van der Waals surface area contributed by atoms with Gasteiger partial charge in [0.15, 0.2) is 0 Å². The Morgan fingerprint density at radius 1 is 1.28 bits per heavy atom. The van der Waals surface area contributed by atoms with Crippen molar-refractivity contribution in [2.75, 3.05) is 27.2 Å². The Kier molecular flexibility index (Phi) is 6.97. The second-order valence-electron chi connectivity index (χ2n) is 5.95. The molecule has 0 bridgehead atoms. The number of amides is 2. The molecule has 6 nitrogen and oxygen atoms in total. The Balaban J connectivity index is 2.09. The van der Waals surface area contributed by atoms with Crippen LogP contribution in [0.4, 0.5) is 0 Å². The third kappa shape index (κ3) is 5.88. The van der Waals surface area contributed by atoms with Crippen LogP contribution in [-0.2, 0) is 11.8 Å². The molecule has 0 saturated carbocycles. The van der Waals surface area contributed by atoms with Crippen LogP contribution in [0.25, 0.3) is 6.08 Å². The second-order valence-corrected chi connectivity index (χ2v) is 6.89. The maximum absolute atomic E-state index is 12.5. The highest BCUT2D eigenvalue weighted by atomic mass is 32.1. The average Bonchev–Trinajstić information content (AvgIpc) is 3.23. The molecule has 2 aromatic rings. The zero-order valence-corrected chi connectivity index (χ0v) is 15.6. The van der Waals surface area contributed by atoms with E-state index in [9.17, 15) is 9.59 Å². The Labute approximate surface area is 152 Å². The van der Waals surface area contributed by atoms with Gasteiger partial charge < -0.3 is 20.1 Å². The van der Waals surface area contributed by atoms with E-state index in [0.29, 0.717) is 11.4 Å². The van der Waals surface area contributed by atoms with Crippen LogP contribution in [0.3, 0.4) is 0 Å². The van der Waals surface area contributed by atoms with Gasteiger partial charge in [0, 0.05) is 25.5 Å². The zero-order valence-electron chi connectivity index (χ0n) is 14.8. The molecule has 7 heteroatoms. The van der Waals surface area contributed by atoms with E-state index in [0.717, 1.165) is 18.7 Å². The summed E-state index contributed by atoms with van der Waals surface area (Å²) in [6, 6.07) is 7.31. The molecule has 2 amide bonds. The van der Waals surface area contributed by atoms with Crippen LogP contribution in [0.15, 0.2) is 41.5 Å². The number of thiophene rings is 1. The van der Waals surface area contributed by atoms with Gasteiger partial charge in [-0.05, 0) is 56.7 Å². The van der Waals surface area contributed by atoms with Gasteiger partial charge in [0.05, 0.1) is 4.88 Å². The second kappa shape index (κ2) is 9.19. The number of nitrogens with one attached hydrogen (secondary N) is 2. The highest BCUT2D eigenvalue weighted by molar-refractivity contribution is 7.12. The van der Waals surface area contributed by atoms with E-state index in [4.69, 9.17) is 0 Å². The lowest BCUT2D eigenvalue weighted by molar-refractivity contribution is -0.117. The molecule has 2 aromatic heterocycles. The van der Waals surface area contributed by atoms with Crippen molar-refractivity contribution >= 4 is 29.2 Å². The van der Waals surface area contributed by atoms with Gasteiger partial charge in [-0.1, -0.05) is 6.07 Å². The first-order valence-electron chi connectivity index (χ1n) is 8.08. The average molecular weight is 360 g/mol. The third-order valence-corrected chi connectivity index (χ3v) is 4.45. The van der Waals surface area contributed by atoms with Gasteiger partial charge in [0.1, 0.15) is 5.70 Å². The van der Waals surface area contributed by atoms with E-state index in [1.807, 2.05) is 55.5 Å². The van der Waals surface area contributed by atoms with Crippen molar-refractivity contribution in [3.8, 4) is 0 Å². The van der Waals surface area contributed by atoms with Crippen molar-refractivity contribution in [3.63, 3.8) is 0 Å². The number of carbonyl (C=O) groups is 2. The molecule has 134 valence electrons. The largest absolute Gasteiger partial charge is 0.351 e. The predicted molar refractivity (Wildman–Crippen MR) is 101 cm³/mol. The lowest BCUT2D eigenvalue weighted by Gasteiger charge is -2.12. The summed E-state index contributed by atoms with van der Waals surface area (Å²) in [6.07, 6.45) is 4.42. The smallest absolute Gasteiger partial charge is 0.267 e. The van der Waals surface area contributed by atoms with Crippen LogP contribution in [-0.4, -0.2) is 48.5 Å². The van der Waals surface area contributed by atoms with E-state index in [-0.39, 0.29) is 17.5 Å². The van der Waals surface area contributed by atoms with E-state index in [2.05, 4.69) is 15.5 Å². The van der Waals surface area contributed by atoms with Gasteiger partial charge in [-0.15, -0.1) is 11.3 Å².